The smallest absolute Gasteiger partial charge is 0.407 e. The van der Waals surface area contributed by atoms with Crippen molar-refractivity contribution in [2.45, 2.75) is 65.3 Å². The van der Waals surface area contributed by atoms with Gasteiger partial charge < -0.3 is 44.6 Å². The van der Waals surface area contributed by atoms with E-state index in [4.69, 9.17) is 9.72 Å². The highest BCUT2D eigenvalue weighted by atomic mass is 16.5. The first-order valence-corrected chi connectivity index (χ1v) is 18.6. The second-order valence-corrected chi connectivity index (χ2v) is 14.1. The number of aromatic nitrogens is 4. The van der Waals surface area contributed by atoms with Crippen LogP contribution >= 0.6 is 0 Å². The lowest BCUT2D eigenvalue weighted by Gasteiger charge is -2.31. The number of hydrogen-bond donors (Lipinski definition) is 4. The van der Waals surface area contributed by atoms with Gasteiger partial charge in [0.05, 0.1) is 50.2 Å². The van der Waals surface area contributed by atoms with Crippen LogP contribution in [0.2, 0.25) is 0 Å². The first kappa shape index (κ1) is 37.2. The van der Waals surface area contributed by atoms with Gasteiger partial charge in [-0.25, -0.2) is 19.6 Å². The summed E-state index contributed by atoms with van der Waals surface area (Å²) >= 11 is 0. The van der Waals surface area contributed by atoms with Crippen LogP contribution in [0.1, 0.15) is 56.7 Å². The Kier molecular flexibility index (Phi) is 10.9. The molecule has 288 valence electrons. The highest BCUT2D eigenvalue weighted by molar-refractivity contribution is 6.07. The van der Waals surface area contributed by atoms with E-state index in [-0.39, 0.29) is 37.5 Å². The van der Waals surface area contributed by atoms with Crippen molar-refractivity contribution in [3.05, 3.63) is 65.9 Å². The van der Waals surface area contributed by atoms with Crippen molar-refractivity contribution in [3.63, 3.8) is 0 Å². The predicted octanol–water partition coefficient (Wildman–Crippen LogP) is 5.63. The number of ether oxygens (including phenoxy) is 3. The van der Waals surface area contributed by atoms with Gasteiger partial charge in [-0.3, -0.25) is 9.59 Å². The average molecular weight is 751 g/mol. The van der Waals surface area contributed by atoms with E-state index in [2.05, 4.69) is 72.3 Å². The summed E-state index contributed by atoms with van der Waals surface area (Å²) in [5.74, 6) is 2.02. The number of methoxy groups -OCH3 is 2. The molecule has 0 spiro atoms. The van der Waals surface area contributed by atoms with Gasteiger partial charge in [-0.1, -0.05) is 38.5 Å². The molecule has 1 aliphatic heterocycles. The number of carbonyl (C=O) groups excluding carboxylic acids is 4. The number of aromatic amines is 2. The maximum atomic E-state index is 13.3. The minimum Gasteiger partial charge on any atom is -0.488 e. The Morgan fingerprint density at radius 1 is 0.909 bits per heavy atom. The molecule has 4 N–H and O–H groups in total. The van der Waals surface area contributed by atoms with Gasteiger partial charge in [0.25, 0.3) is 0 Å². The van der Waals surface area contributed by atoms with E-state index >= 15 is 0 Å². The fraction of sp³-hybridized carbons (Fsp3) is 0.400. The topological polar surface area (TPSA) is 184 Å². The maximum Gasteiger partial charge on any atom is 0.407 e. The number of nitrogens with one attached hydrogen (secondary N) is 4. The number of nitrogens with zero attached hydrogens (tertiary/aromatic N) is 4. The second-order valence-electron chi connectivity index (χ2n) is 14.1. The fourth-order valence-corrected chi connectivity index (χ4v) is 7.71. The Morgan fingerprint density at radius 3 is 2.42 bits per heavy atom. The molecule has 15 heteroatoms. The molecule has 5 aromatic rings. The van der Waals surface area contributed by atoms with Gasteiger partial charge in [0.1, 0.15) is 37.1 Å². The molecule has 2 atom stereocenters. The molecular weight excluding hydrogens is 704 g/mol. The summed E-state index contributed by atoms with van der Waals surface area (Å²) < 4.78 is 15.6. The number of hydrogen-bond acceptors (Lipinski definition) is 9. The van der Waals surface area contributed by atoms with Crippen molar-refractivity contribution in [1.29, 1.82) is 0 Å². The second kappa shape index (κ2) is 16.1. The minimum atomic E-state index is -0.656. The lowest BCUT2D eigenvalue weighted by Crippen LogP contribution is -2.46. The monoisotopic (exact) mass is 750 g/mol. The van der Waals surface area contributed by atoms with Crippen LogP contribution in [0.4, 0.5) is 9.59 Å². The van der Waals surface area contributed by atoms with Crippen molar-refractivity contribution >= 4 is 45.8 Å². The van der Waals surface area contributed by atoms with Crippen LogP contribution in [0.5, 0.6) is 5.75 Å². The van der Waals surface area contributed by atoms with E-state index in [1.165, 1.54) is 14.2 Å². The maximum absolute atomic E-state index is 13.3. The summed E-state index contributed by atoms with van der Waals surface area (Å²) in [6.07, 6.45) is 4.25. The van der Waals surface area contributed by atoms with Gasteiger partial charge in [0.2, 0.25) is 11.8 Å². The minimum absolute atomic E-state index is 0.0682. The molecule has 2 aliphatic rings. The van der Waals surface area contributed by atoms with Gasteiger partial charge in [-0.2, -0.15) is 0 Å². The fourth-order valence-electron chi connectivity index (χ4n) is 7.71. The molecule has 1 fully saturated rings. The average Bonchev–Trinajstić information content (AvgIpc) is 3.96. The zero-order chi connectivity index (χ0) is 38.6. The van der Waals surface area contributed by atoms with Crippen molar-refractivity contribution in [2.75, 3.05) is 33.9 Å². The number of fused-ring (bicyclic) bond motifs is 6. The van der Waals surface area contributed by atoms with Crippen LogP contribution in [0, 0.1) is 5.92 Å². The molecule has 0 bridgehead atoms. The Hall–Kier alpha value is -6.12. The number of carbonyl (C=O) groups is 4. The van der Waals surface area contributed by atoms with E-state index in [0.717, 1.165) is 81.2 Å². The normalized spacial score (nSPS) is 15.9. The molecule has 2 aromatic heterocycles. The third-order valence-corrected chi connectivity index (χ3v) is 10.5. The van der Waals surface area contributed by atoms with Gasteiger partial charge in [-0.05, 0) is 71.5 Å². The number of H-pyrrole nitrogens is 2. The summed E-state index contributed by atoms with van der Waals surface area (Å²) in [5, 5.41) is 6.92. The first-order chi connectivity index (χ1) is 26.6. The molecular formula is C40H46N8O7. The van der Waals surface area contributed by atoms with Gasteiger partial charge in [0, 0.05) is 23.5 Å². The number of benzene rings is 3. The Labute approximate surface area is 318 Å². The van der Waals surface area contributed by atoms with Crippen LogP contribution in [-0.2, 0) is 38.8 Å². The quantitative estimate of drug-likeness (QED) is 0.126. The molecule has 0 unspecified atom stereocenters. The predicted molar refractivity (Wildman–Crippen MR) is 205 cm³/mol. The number of rotatable bonds is 12. The summed E-state index contributed by atoms with van der Waals surface area (Å²) in [4.78, 5) is 69.2. The first-order valence-electron chi connectivity index (χ1n) is 18.6. The molecule has 1 saturated carbocycles. The van der Waals surface area contributed by atoms with Gasteiger partial charge >= 0.3 is 12.2 Å². The molecule has 0 radical (unpaired) electrons. The Balaban J connectivity index is 1.10. The molecule has 1 aliphatic carbocycles. The van der Waals surface area contributed by atoms with E-state index in [0.29, 0.717) is 37.3 Å². The highest BCUT2D eigenvalue weighted by Gasteiger charge is 2.33. The largest absolute Gasteiger partial charge is 0.488 e. The summed E-state index contributed by atoms with van der Waals surface area (Å²) in [6.45, 7) is 5.32. The number of imidazole rings is 2. The van der Waals surface area contributed by atoms with E-state index in [9.17, 15) is 19.2 Å². The van der Waals surface area contributed by atoms with Gasteiger partial charge in [-0.15, -0.1) is 0 Å². The van der Waals surface area contributed by atoms with Crippen LogP contribution in [-0.4, -0.2) is 93.6 Å². The van der Waals surface area contributed by atoms with E-state index < -0.39 is 12.2 Å². The molecule has 3 aromatic carbocycles. The summed E-state index contributed by atoms with van der Waals surface area (Å²) in [5.41, 5.74) is 6.52. The number of alkyl carbamates (subject to hydrolysis) is 2. The summed E-state index contributed by atoms with van der Waals surface area (Å²) in [7, 11) is 2.53. The zero-order valence-corrected chi connectivity index (χ0v) is 31.5. The van der Waals surface area contributed by atoms with Crippen LogP contribution in [0.25, 0.3) is 44.2 Å². The van der Waals surface area contributed by atoms with Gasteiger partial charge in [0.15, 0.2) is 0 Å². The van der Waals surface area contributed by atoms with E-state index in [1.807, 2.05) is 24.0 Å². The standard InChI is InChI=1S/C40H46N8O7/c1-5-13-47(36(49)18-42-39(51)53-3)20-35-44-30-12-10-24-15-29-27-11-9-25(14-26(27)22-55-33(29)16-28(24)38(30)46-35)31-17-41-34(45-31)21-48(32-8-6-7-23(32)2)37(50)19-43-40(52)54-4/h9-12,14-17,23,32H,5-8,13,18-22H2,1-4H3,(H,41,45)(H,42,51)(H,43,52)(H,44,46)/t23-,32+/m1/s1. The van der Waals surface area contributed by atoms with Crippen LogP contribution < -0.4 is 15.4 Å². The van der Waals surface area contributed by atoms with Crippen molar-refractivity contribution in [3.8, 4) is 28.1 Å². The SMILES string of the molecule is CCCN(Cc1nc2c(ccc3cc4c(cc32)OCc2cc(-c3cnc(CN(C(=O)CNC(=O)OC)[C@H]5CCC[C@H]5C)[nH]3)ccc2-4)[nH]1)C(=O)CNC(=O)OC. The number of amides is 4. The molecule has 15 nitrogen and oxygen atoms in total. The molecule has 3 heterocycles. The third-order valence-electron chi connectivity index (χ3n) is 10.5. The van der Waals surface area contributed by atoms with Crippen molar-refractivity contribution < 1.29 is 33.4 Å². The van der Waals surface area contributed by atoms with Crippen molar-refractivity contribution in [2.24, 2.45) is 5.92 Å². The highest BCUT2D eigenvalue weighted by Crippen LogP contribution is 2.42. The molecule has 4 amide bonds. The van der Waals surface area contributed by atoms with Crippen LogP contribution in [0.3, 0.4) is 0 Å². The van der Waals surface area contributed by atoms with Crippen LogP contribution in [0.15, 0.2) is 48.7 Å². The third kappa shape index (κ3) is 7.91. The Morgan fingerprint density at radius 2 is 1.69 bits per heavy atom. The molecule has 0 saturated heterocycles. The molecule has 7 rings (SSSR count). The molecule has 55 heavy (non-hydrogen) atoms. The zero-order valence-electron chi connectivity index (χ0n) is 31.5. The lowest BCUT2D eigenvalue weighted by molar-refractivity contribution is -0.134. The lowest BCUT2D eigenvalue weighted by atomic mass is 9.92. The van der Waals surface area contributed by atoms with Crippen molar-refractivity contribution in [1.82, 2.24) is 40.4 Å². The van der Waals surface area contributed by atoms with E-state index in [1.54, 1.807) is 11.1 Å². The Bertz CT molecular complexity index is 2250. The summed E-state index contributed by atoms with van der Waals surface area (Å²) in [6, 6.07) is 14.5.